The monoisotopic (exact) mass is 304 g/mol. The highest BCUT2D eigenvalue weighted by Crippen LogP contribution is 2.36. The summed E-state index contributed by atoms with van der Waals surface area (Å²) in [6, 6.07) is 7.84. The third-order valence-electron chi connectivity index (χ3n) is 4.79. The minimum absolute atomic E-state index is 0.0832. The number of hydrogen-bond acceptors (Lipinski definition) is 3. The summed E-state index contributed by atoms with van der Waals surface area (Å²) < 4.78 is 12.1. The van der Waals surface area contributed by atoms with Gasteiger partial charge in [-0.25, -0.2) is 0 Å². The van der Waals surface area contributed by atoms with Gasteiger partial charge in [-0.1, -0.05) is 38.1 Å². The van der Waals surface area contributed by atoms with E-state index in [1.165, 1.54) is 0 Å². The molecule has 0 spiro atoms. The molecule has 0 aliphatic carbocycles. The second kappa shape index (κ2) is 5.39. The van der Waals surface area contributed by atoms with Crippen molar-refractivity contribution < 1.29 is 19.2 Å². The first-order valence-electron chi connectivity index (χ1n) is 7.62. The number of hydrogen-bond donors (Lipinski definition) is 1. The molecule has 0 amide bonds. The second-order valence-corrected chi connectivity index (χ2v) is 7.67. The van der Waals surface area contributed by atoms with Crippen LogP contribution in [0.25, 0.3) is 0 Å². The molecule has 22 heavy (non-hydrogen) atoms. The number of rotatable bonds is 4. The lowest BCUT2D eigenvalue weighted by atomic mass is 9.74. The average molecular weight is 304 g/mol. The number of aliphatic carboxylic acids is 1. The quantitative estimate of drug-likeness (QED) is 0.869. The Hall–Kier alpha value is -1.33. The van der Waals surface area contributed by atoms with Gasteiger partial charge in [0.25, 0.3) is 0 Å². The van der Waals surface area contributed by atoms with Crippen LogP contribution in [0.3, 0.4) is 0 Å². The Bertz CT molecular complexity index is 562. The van der Waals surface area contributed by atoms with Crippen molar-refractivity contribution in [2.45, 2.75) is 64.6 Å². The lowest BCUT2D eigenvalue weighted by molar-refractivity contribution is -0.138. The van der Waals surface area contributed by atoms with E-state index in [-0.39, 0.29) is 17.6 Å². The van der Waals surface area contributed by atoms with Gasteiger partial charge in [0, 0.05) is 5.41 Å². The molecule has 0 bridgehead atoms. The number of carboxylic acids is 1. The molecule has 1 aromatic carbocycles. The molecule has 1 fully saturated rings. The van der Waals surface area contributed by atoms with Crippen LogP contribution in [0, 0.1) is 0 Å². The van der Waals surface area contributed by atoms with Crippen LogP contribution in [0.4, 0.5) is 0 Å². The molecule has 1 aromatic rings. The third-order valence-corrected chi connectivity index (χ3v) is 4.79. The molecule has 2 rings (SSSR count). The van der Waals surface area contributed by atoms with Crippen molar-refractivity contribution in [1.29, 1.82) is 0 Å². The zero-order valence-electron chi connectivity index (χ0n) is 14.3. The van der Waals surface area contributed by atoms with E-state index in [1.54, 1.807) is 0 Å². The van der Waals surface area contributed by atoms with Crippen molar-refractivity contribution >= 4 is 18.6 Å². The van der Waals surface area contributed by atoms with E-state index in [0.717, 1.165) is 11.0 Å². The van der Waals surface area contributed by atoms with Gasteiger partial charge in [-0.15, -0.1) is 0 Å². The maximum Gasteiger partial charge on any atom is 0.494 e. The molecule has 1 aliphatic heterocycles. The van der Waals surface area contributed by atoms with Gasteiger partial charge in [0.05, 0.1) is 17.6 Å². The molecule has 0 atom stereocenters. The summed E-state index contributed by atoms with van der Waals surface area (Å²) in [5.41, 5.74) is 0.691. The normalized spacial score (nSPS) is 20.2. The summed E-state index contributed by atoms with van der Waals surface area (Å²) >= 11 is 0. The Labute approximate surface area is 133 Å². The van der Waals surface area contributed by atoms with Crippen molar-refractivity contribution in [2.75, 3.05) is 0 Å². The molecular weight excluding hydrogens is 279 g/mol. The van der Waals surface area contributed by atoms with E-state index < -0.39 is 18.5 Å². The van der Waals surface area contributed by atoms with Crippen LogP contribution in [0.1, 0.15) is 53.5 Å². The molecule has 0 aromatic heterocycles. The fraction of sp³-hybridized carbons (Fsp3) is 0.588. The second-order valence-electron chi connectivity index (χ2n) is 7.67. The van der Waals surface area contributed by atoms with Crippen LogP contribution >= 0.6 is 0 Å². The van der Waals surface area contributed by atoms with Gasteiger partial charge < -0.3 is 14.4 Å². The maximum atomic E-state index is 11.1. The van der Waals surface area contributed by atoms with Crippen molar-refractivity contribution in [1.82, 2.24) is 0 Å². The first-order valence-corrected chi connectivity index (χ1v) is 7.62. The fourth-order valence-corrected chi connectivity index (χ4v) is 2.57. The number of carboxylic acid groups (broad SMARTS) is 1. The molecule has 1 saturated heterocycles. The lowest BCUT2D eigenvalue weighted by Gasteiger charge is -2.32. The molecule has 5 heteroatoms. The smallest absolute Gasteiger partial charge is 0.481 e. The van der Waals surface area contributed by atoms with Gasteiger partial charge in [0.15, 0.2) is 0 Å². The van der Waals surface area contributed by atoms with Crippen LogP contribution in [0.5, 0.6) is 0 Å². The lowest BCUT2D eigenvalue weighted by Crippen LogP contribution is -2.41. The Kier molecular flexibility index (Phi) is 4.17. The highest BCUT2D eigenvalue weighted by Gasteiger charge is 2.51. The van der Waals surface area contributed by atoms with Gasteiger partial charge >= 0.3 is 13.1 Å². The molecular formula is C17H25BO4. The Morgan fingerprint density at radius 3 is 2.23 bits per heavy atom. The number of carbonyl (C=O) groups is 1. The summed E-state index contributed by atoms with van der Waals surface area (Å²) in [5, 5.41) is 9.08. The van der Waals surface area contributed by atoms with Gasteiger partial charge in [-0.3, -0.25) is 4.79 Å². The molecule has 0 unspecified atom stereocenters. The summed E-state index contributed by atoms with van der Waals surface area (Å²) in [6.45, 7) is 11.9. The summed E-state index contributed by atoms with van der Waals surface area (Å²) in [6.07, 6.45) is 0.0832. The third kappa shape index (κ3) is 3.20. The van der Waals surface area contributed by atoms with Crippen molar-refractivity contribution in [2.24, 2.45) is 0 Å². The van der Waals surface area contributed by atoms with E-state index in [2.05, 4.69) is 0 Å². The summed E-state index contributed by atoms with van der Waals surface area (Å²) in [5.74, 6) is -0.800. The largest absolute Gasteiger partial charge is 0.494 e. The molecule has 4 nitrogen and oxygen atoms in total. The number of benzene rings is 1. The highest BCUT2D eigenvalue weighted by molar-refractivity contribution is 6.62. The topological polar surface area (TPSA) is 55.8 Å². The first-order chi connectivity index (χ1) is 9.95. The van der Waals surface area contributed by atoms with Crippen molar-refractivity contribution in [3.8, 4) is 0 Å². The predicted octanol–water partition coefficient (Wildman–Crippen LogP) is 2.74. The van der Waals surface area contributed by atoms with Crippen molar-refractivity contribution in [3.05, 3.63) is 29.8 Å². The average Bonchev–Trinajstić information content (AvgIpc) is 2.57. The van der Waals surface area contributed by atoms with Crippen LogP contribution < -0.4 is 5.46 Å². The van der Waals surface area contributed by atoms with E-state index in [1.807, 2.05) is 65.8 Å². The first kappa shape index (κ1) is 17.0. The fourth-order valence-electron chi connectivity index (χ4n) is 2.57. The molecule has 0 radical (unpaired) electrons. The van der Waals surface area contributed by atoms with Gasteiger partial charge in [0.2, 0.25) is 0 Å². The minimum Gasteiger partial charge on any atom is -0.481 e. The van der Waals surface area contributed by atoms with Crippen LogP contribution in [-0.4, -0.2) is 29.4 Å². The SMILES string of the molecule is CC(C)(CC(=O)O)c1cccc(B2OC(C)(C)C(C)(C)O2)c1. The molecule has 1 N–H and O–H groups in total. The Morgan fingerprint density at radius 1 is 1.18 bits per heavy atom. The van der Waals surface area contributed by atoms with E-state index in [4.69, 9.17) is 14.4 Å². The van der Waals surface area contributed by atoms with Gasteiger partial charge in [-0.2, -0.15) is 0 Å². The zero-order chi connectivity index (χ0) is 16.8. The minimum atomic E-state index is -0.800. The van der Waals surface area contributed by atoms with Crippen LogP contribution in [-0.2, 0) is 19.5 Å². The summed E-state index contributed by atoms with van der Waals surface area (Å²) in [7, 11) is -0.425. The molecule has 120 valence electrons. The Balaban J connectivity index is 2.29. The summed E-state index contributed by atoms with van der Waals surface area (Å²) in [4.78, 5) is 11.1. The van der Waals surface area contributed by atoms with E-state index >= 15 is 0 Å². The Morgan fingerprint density at radius 2 is 1.73 bits per heavy atom. The molecule has 1 heterocycles. The maximum absolute atomic E-state index is 11.1. The highest BCUT2D eigenvalue weighted by atomic mass is 16.7. The van der Waals surface area contributed by atoms with Crippen LogP contribution in [0.2, 0.25) is 0 Å². The standard InChI is InChI=1S/C17H25BO4/c1-15(2,11-14(19)20)12-8-7-9-13(10-12)18-21-16(3,4)17(5,6)22-18/h7-10H,11H2,1-6H3,(H,19,20). The van der Waals surface area contributed by atoms with Gasteiger partial charge in [-0.05, 0) is 38.7 Å². The van der Waals surface area contributed by atoms with Crippen LogP contribution in [0.15, 0.2) is 24.3 Å². The molecule has 1 aliphatic rings. The van der Waals surface area contributed by atoms with E-state index in [0.29, 0.717) is 0 Å². The molecule has 0 saturated carbocycles. The van der Waals surface area contributed by atoms with Gasteiger partial charge in [0.1, 0.15) is 0 Å². The predicted molar refractivity (Wildman–Crippen MR) is 87.4 cm³/mol. The zero-order valence-corrected chi connectivity index (χ0v) is 14.3. The van der Waals surface area contributed by atoms with Crippen molar-refractivity contribution in [3.63, 3.8) is 0 Å². The van der Waals surface area contributed by atoms with E-state index in [9.17, 15) is 4.79 Å².